The average Bonchev–Trinajstić information content (AvgIpc) is 2.03. The molecule has 0 bridgehead atoms. The molecule has 2 N–H and O–H groups in total. The van der Waals surface area contributed by atoms with E-state index >= 15 is 0 Å². The topological polar surface area (TPSA) is 35.2 Å². The van der Waals surface area contributed by atoms with Crippen molar-refractivity contribution < 1.29 is 4.74 Å². The molecule has 0 spiro atoms. The second-order valence-electron chi connectivity index (χ2n) is 4.06. The Morgan fingerprint density at radius 2 is 1.69 bits per heavy atom. The molecule has 13 heavy (non-hydrogen) atoms. The zero-order chi connectivity index (χ0) is 9.90. The van der Waals surface area contributed by atoms with Crippen molar-refractivity contribution in [2.45, 2.75) is 32.9 Å². The third kappa shape index (κ3) is 3.47. The van der Waals surface area contributed by atoms with E-state index < -0.39 is 0 Å². The summed E-state index contributed by atoms with van der Waals surface area (Å²) < 4.78 is 5.66. The van der Waals surface area contributed by atoms with Crippen LogP contribution in [0.1, 0.15) is 26.3 Å². The summed E-state index contributed by atoms with van der Waals surface area (Å²) in [6.07, 6.45) is 0. The van der Waals surface area contributed by atoms with E-state index in [1.165, 1.54) is 0 Å². The van der Waals surface area contributed by atoms with Gasteiger partial charge in [0, 0.05) is 6.54 Å². The lowest BCUT2D eigenvalue weighted by molar-refractivity contribution is 0.131. The highest BCUT2D eigenvalue weighted by Gasteiger charge is 2.10. The smallest absolute Gasteiger partial charge is 0.120 e. The van der Waals surface area contributed by atoms with Gasteiger partial charge < -0.3 is 10.5 Å². The van der Waals surface area contributed by atoms with E-state index in [1.54, 1.807) is 0 Å². The first-order valence-electron chi connectivity index (χ1n) is 4.49. The van der Waals surface area contributed by atoms with Crippen molar-refractivity contribution in [1.82, 2.24) is 0 Å². The second kappa shape index (κ2) is 3.79. The van der Waals surface area contributed by atoms with Crippen LogP contribution < -0.4 is 10.5 Å². The van der Waals surface area contributed by atoms with Gasteiger partial charge in [0.1, 0.15) is 11.4 Å². The van der Waals surface area contributed by atoms with Gasteiger partial charge in [-0.15, -0.1) is 0 Å². The highest BCUT2D eigenvalue weighted by atomic mass is 16.5. The minimum absolute atomic E-state index is 0.135. The van der Waals surface area contributed by atoms with E-state index in [0.717, 1.165) is 11.3 Å². The summed E-state index contributed by atoms with van der Waals surface area (Å²) in [5.41, 5.74) is 6.48. The zero-order valence-corrected chi connectivity index (χ0v) is 8.50. The van der Waals surface area contributed by atoms with Crippen molar-refractivity contribution in [2.24, 2.45) is 5.73 Å². The van der Waals surface area contributed by atoms with Crippen LogP contribution in [0.5, 0.6) is 5.75 Å². The molecule has 0 aliphatic rings. The maximum Gasteiger partial charge on any atom is 0.120 e. The van der Waals surface area contributed by atoms with E-state index in [0.29, 0.717) is 6.54 Å². The van der Waals surface area contributed by atoms with Gasteiger partial charge in [-0.2, -0.15) is 0 Å². The minimum atomic E-state index is -0.135. The zero-order valence-electron chi connectivity index (χ0n) is 8.50. The number of hydrogen-bond acceptors (Lipinski definition) is 2. The molecule has 72 valence electrons. The first-order valence-corrected chi connectivity index (χ1v) is 4.49. The van der Waals surface area contributed by atoms with Gasteiger partial charge in [0.15, 0.2) is 0 Å². The number of nitrogens with two attached hydrogens (primary N) is 1. The maximum atomic E-state index is 5.66. The summed E-state index contributed by atoms with van der Waals surface area (Å²) in [6.45, 7) is 6.67. The van der Waals surface area contributed by atoms with Gasteiger partial charge in [0.05, 0.1) is 0 Å². The summed E-state index contributed by atoms with van der Waals surface area (Å²) in [7, 11) is 0. The Morgan fingerprint density at radius 1 is 1.15 bits per heavy atom. The van der Waals surface area contributed by atoms with Gasteiger partial charge in [0.2, 0.25) is 0 Å². The molecule has 2 heteroatoms. The van der Waals surface area contributed by atoms with Gasteiger partial charge in [0.25, 0.3) is 0 Å². The Balaban J connectivity index is 2.70. The molecule has 0 atom stereocenters. The maximum absolute atomic E-state index is 5.66. The van der Waals surface area contributed by atoms with Crippen molar-refractivity contribution in [2.75, 3.05) is 0 Å². The Morgan fingerprint density at radius 3 is 2.08 bits per heavy atom. The average molecular weight is 179 g/mol. The highest BCUT2D eigenvalue weighted by molar-refractivity contribution is 5.27. The lowest BCUT2D eigenvalue weighted by atomic mass is 10.2. The standard InChI is InChI=1S/C11H17NO/c1-11(2,3)13-10-6-4-9(8-12)5-7-10/h4-7H,8,12H2,1-3H3. The van der Waals surface area contributed by atoms with Crippen LogP contribution in [0.2, 0.25) is 0 Å². The van der Waals surface area contributed by atoms with Crippen LogP contribution in [0.25, 0.3) is 0 Å². The minimum Gasteiger partial charge on any atom is -0.488 e. The highest BCUT2D eigenvalue weighted by Crippen LogP contribution is 2.18. The van der Waals surface area contributed by atoms with Crippen molar-refractivity contribution in [3.05, 3.63) is 29.8 Å². The molecule has 0 heterocycles. The predicted molar refractivity (Wildman–Crippen MR) is 54.7 cm³/mol. The monoisotopic (exact) mass is 179 g/mol. The fourth-order valence-corrected chi connectivity index (χ4v) is 1.05. The Hall–Kier alpha value is -1.02. The molecule has 0 radical (unpaired) electrons. The number of rotatable bonds is 2. The molecule has 1 aromatic rings. The van der Waals surface area contributed by atoms with Gasteiger partial charge in [-0.1, -0.05) is 12.1 Å². The lowest BCUT2D eigenvalue weighted by Gasteiger charge is -2.21. The SMILES string of the molecule is CC(C)(C)Oc1ccc(CN)cc1. The molecule has 0 aliphatic carbocycles. The molecule has 1 rings (SSSR count). The molecular formula is C11H17NO. The Bertz CT molecular complexity index is 258. The molecule has 0 amide bonds. The quantitative estimate of drug-likeness (QED) is 0.756. The third-order valence-electron chi connectivity index (χ3n) is 1.58. The molecule has 0 aromatic heterocycles. The normalized spacial score (nSPS) is 11.4. The number of ether oxygens (including phenoxy) is 1. The van der Waals surface area contributed by atoms with Gasteiger partial charge >= 0.3 is 0 Å². The molecule has 0 saturated carbocycles. The first-order chi connectivity index (χ1) is 6.01. The first kappa shape index (κ1) is 10.1. The van der Waals surface area contributed by atoms with E-state index in [4.69, 9.17) is 10.5 Å². The predicted octanol–water partition coefficient (Wildman–Crippen LogP) is 2.32. The van der Waals surface area contributed by atoms with Crippen LogP contribution in [-0.2, 0) is 6.54 Å². The van der Waals surface area contributed by atoms with Crippen LogP contribution in [0.4, 0.5) is 0 Å². The Labute approximate surface area is 79.7 Å². The second-order valence-corrected chi connectivity index (χ2v) is 4.06. The molecule has 1 aromatic carbocycles. The summed E-state index contributed by atoms with van der Waals surface area (Å²) in [5, 5.41) is 0. The summed E-state index contributed by atoms with van der Waals surface area (Å²) in [5.74, 6) is 0.893. The van der Waals surface area contributed by atoms with Gasteiger partial charge in [-0.25, -0.2) is 0 Å². The molecule has 2 nitrogen and oxygen atoms in total. The van der Waals surface area contributed by atoms with E-state index in [2.05, 4.69) is 0 Å². The molecule has 0 fully saturated rings. The lowest BCUT2D eigenvalue weighted by Crippen LogP contribution is -2.22. The molecule has 0 aliphatic heterocycles. The molecule has 0 saturated heterocycles. The summed E-state index contributed by atoms with van der Waals surface area (Å²) in [4.78, 5) is 0. The van der Waals surface area contributed by atoms with E-state index in [9.17, 15) is 0 Å². The number of hydrogen-bond donors (Lipinski definition) is 1. The van der Waals surface area contributed by atoms with E-state index in [-0.39, 0.29) is 5.60 Å². The molecule has 0 unspecified atom stereocenters. The van der Waals surface area contributed by atoms with Crippen LogP contribution in [-0.4, -0.2) is 5.60 Å². The van der Waals surface area contributed by atoms with Crippen LogP contribution in [0.3, 0.4) is 0 Å². The largest absolute Gasteiger partial charge is 0.488 e. The van der Waals surface area contributed by atoms with Crippen molar-refractivity contribution in [3.63, 3.8) is 0 Å². The fraction of sp³-hybridized carbons (Fsp3) is 0.455. The number of benzene rings is 1. The van der Waals surface area contributed by atoms with Crippen molar-refractivity contribution in [1.29, 1.82) is 0 Å². The summed E-state index contributed by atoms with van der Waals surface area (Å²) in [6, 6.07) is 7.88. The van der Waals surface area contributed by atoms with Crippen molar-refractivity contribution >= 4 is 0 Å². The van der Waals surface area contributed by atoms with Gasteiger partial charge in [-0.05, 0) is 38.5 Å². The van der Waals surface area contributed by atoms with Crippen molar-refractivity contribution in [3.8, 4) is 5.75 Å². The van der Waals surface area contributed by atoms with Crippen LogP contribution in [0, 0.1) is 0 Å². The molecular weight excluding hydrogens is 162 g/mol. The third-order valence-corrected chi connectivity index (χ3v) is 1.58. The van der Waals surface area contributed by atoms with Crippen LogP contribution in [0.15, 0.2) is 24.3 Å². The Kier molecular flexibility index (Phi) is 2.94. The van der Waals surface area contributed by atoms with E-state index in [1.807, 2.05) is 45.0 Å². The van der Waals surface area contributed by atoms with Gasteiger partial charge in [-0.3, -0.25) is 0 Å². The summed E-state index contributed by atoms with van der Waals surface area (Å²) >= 11 is 0. The van der Waals surface area contributed by atoms with Crippen LogP contribution >= 0.6 is 0 Å². The fourth-order valence-electron chi connectivity index (χ4n) is 1.05.